The molecular weight excluding hydrogens is 484 g/mol. The van der Waals surface area contributed by atoms with Gasteiger partial charge in [-0.05, 0) is 48.9 Å². The van der Waals surface area contributed by atoms with Gasteiger partial charge < -0.3 is 0 Å². The molecule has 0 fully saturated rings. The van der Waals surface area contributed by atoms with Gasteiger partial charge in [-0.15, -0.1) is 11.8 Å². The van der Waals surface area contributed by atoms with Crippen LogP contribution in [0.4, 0.5) is 0 Å². The highest BCUT2D eigenvalue weighted by Gasteiger charge is 2.17. The topological polar surface area (TPSA) is 63.0 Å². The van der Waals surface area contributed by atoms with E-state index in [0.717, 1.165) is 26.4 Å². The predicted molar refractivity (Wildman–Crippen MR) is 143 cm³/mol. The van der Waals surface area contributed by atoms with E-state index in [1.54, 1.807) is 18.0 Å². The summed E-state index contributed by atoms with van der Waals surface area (Å²) in [6.45, 7) is 2.53. The van der Waals surface area contributed by atoms with Gasteiger partial charge >= 0.3 is 0 Å². The molecule has 1 N–H and O–H groups in total. The van der Waals surface area contributed by atoms with Crippen LogP contribution in [-0.2, 0) is 12.3 Å². The number of aromatic amines is 1. The van der Waals surface area contributed by atoms with Gasteiger partial charge in [0.05, 0.1) is 28.0 Å². The molecule has 170 valence electrons. The van der Waals surface area contributed by atoms with Gasteiger partial charge in [0.2, 0.25) is 5.13 Å². The van der Waals surface area contributed by atoms with Crippen molar-refractivity contribution in [2.75, 3.05) is 0 Å². The second kappa shape index (κ2) is 10.0. The Morgan fingerprint density at radius 3 is 2.62 bits per heavy atom. The van der Waals surface area contributed by atoms with Crippen molar-refractivity contribution in [3.8, 4) is 5.13 Å². The molecule has 0 spiro atoms. The molecule has 0 atom stereocenters. The lowest BCUT2D eigenvalue weighted by atomic mass is 10.2. The van der Waals surface area contributed by atoms with E-state index < -0.39 is 0 Å². The predicted octanol–water partition coefficient (Wildman–Crippen LogP) is 6.65. The number of thioether (sulfide) groups is 1. The van der Waals surface area contributed by atoms with Crippen molar-refractivity contribution in [1.82, 2.24) is 14.8 Å². The van der Waals surface area contributed by atoms with Crippen molar-refractivity contribution in [3.05, 3.63) is 111 Å². The maximum atomic E-state index is 13.4. The highest BCUT2D eigenvalue weighted by atomic mass is 35.5. The van der Waals surface area contributed by atoms with Gasteiger partial charge in [0.1, 0.15) is 0 Å². The first-order chi connectivity index (χ1) is 16.6. The summed E-state index contributed by atoms with van der Waals surface area (Å²) in [6, 6.07) is 23.8. The van der Waals surface area contributed by atoms with Gasteiger partial charge in [0, 0.05) is 21.9 Å². The molecule has 0 aliphatic rings. The van der Waals surface area contributed by atoms with Crippen molar-refractivity contribution in [1.29, 1.82) is 0 Å². The first-order valence-corrected chi connectivity index (χ1v) is 12.9. The van der Waals surface area contributed by atoms with E-state index in [1.807, 2.05) is 48.5 Å². The smallest absolute Gasteiger partial charge is 0.282 e. The Morgan fingerprint density at radius 2 is 1.85 bits per heavy atom. The number of fused-ring (bicyclic) bond motifs is 1. The minimum absolute atomic E-state index is 0.154. The number of thiazole rings is 1. The quantitative estimate of drug-likeness (QED) is 0.199. The second-order valence-electron chi connectivity index (χ2n) is 7.81. The molecule has 2 aromatic heterocycles. The summed E-state index contributed by atoms with van der Waals surface area (Å²) in [5, 5.41) is 4.59. The summed E-state index contributed by atoms with van der Waals surface area (Å²) in [4.78, 5) is 23.7. The van der Waals surface area contributed by atoms with Crippen LogP contribution in [-0.4, -0.2) is 21.0 Å². The molecular formula is C26H21ClN4OS2. The Balaban J connectivity index is 1.47. The summed E-state index contributed by atoms with van der Waals surface area (Å²) in [5.41, 5.74) is 4.33. The van der Waals surface area contributed by atoms with E-state index in [1.165, 1.54) is 21.6 Å². The fourth-order valence-corrected chi connectivity index (χ4v) is 5.36. The first kappa shape index (κ1) is 22.7. The van der Waals surface area contributed by atoms with Crippen LogP contribution in [0.3, 0.4) is 0 Å². The van der Waals surface area contributed by atoms with Crippen LogP contribution in [0, 0.1) is 6.92 Å². The van der Waals surface area contributed by atoms with E-state index in [0.29, 0.717) is 28.0 Å². The highest BCUT2D eigenvalue weighted by Crippen LogP contribution is 2.26. The summed E-state index contributed by atoms with van der Waals surface area (Å²) < 4.78 is 2.56. The molecule has 5 aromatic rings. The zero-order chi connectivity index (χ0) is 23.5. The van der Waals surface area contributed by atoms with Gasteiger partial charge in [0.25, 0.3) is 5.56 Å². The van der Waals surface area contributed by atoms with Crippen LogP contribution < -0.4 is 5.56 Å². The number of aliphatic imine (C=N–C) groups is 1. The molecule has 0 saturated heterocycles. The molecule has 3 aromatic carbocycles. The average Bonchev–Trinajstić information content (AvgIpc) is 3.41. The van der Waals surface area contributed by atoms with Crippen LogP contribution >= 0.6 is 34.7 Å². The van der Waals surface area contributed by atoms with Crippen LogP contribution in [0.2, 0.25) is 5.02 Å². The standard InChI is InChI=1S/C26H21ClN4OS2/c1-17-6-12-20(13-7-17)33-16-23-21(15-28-14-18-8-10-19(27)11-9-18)25(32)31(30-23)26-29-22-4-2-3-5-24(22)34-26/h2-13,15,30H,14,16H2,1H3. The van der Waals surface area contributed by atoms with E-state index in [2.05, 4.69) is 46.3 Å². The zero-order valence-electron chi connectivity index (χ0n) is 18.4. The van der Waals surface area contributed by atoms with E-state index in [-0.39, 0.29) is 5.56 Å². The molecule has 8 heteroatoms. The fraction of sp³-hybridized carbons (Fsp3) is 0.115. The zero-order valence-corrected chi connectivity index (χ0v) is 20.8. The maximum absolute atomic E-state index is 13.4. The summed E-state index contributed by atoms with van der Waals surface area (Å²) >= 11 is 9.13. The molecule has 2 heterocycles. The molecule has 0 amide bonds. The normalized spacial score (nSPS) is 11.6. The van der Waals surface area contributed by atoms with Crippen LogP contribution in [0.5, 0.6) is 0 Å². The molecule has 0 aliphatic heterocycles. The summed E-state index contributed by atoms with van der Waals surface area (Å²) in [5.74, 6) is 0.610. The number of nitrogens with one attached hydrogen (secondary N) is 1. The largest absolute Gasteiger partial charge is 0.291 e. The van der Waals surface area contributed by atoms with Crippen LogP contribution in [0.1, 0.15) is 22.4 Å². The van der Waals surface area contributed by atoms with Crippen molar-refractivity contribution < 1.29 is 0 Å². The lowest BCUT2D eigenvalue weighted by molar-refractivity contribution is 0.827. The van der Waals surface area contributed by atoms with Crippen molar-refractivity contribution >= 4 is 51.1 Å². The molecule has 0 bridgehead atoms. The fourth-order valence-electron chi connectivity index (χ4n) is 3.45. The molecule has 5 rings (SSSR count). The first-order valence-electron chi connectivity index (χ1n) is 10.7. The third-order valence-corrected chi connectivity index (χ3v) is 7.60. The van der Waals surface area contributed by atoms with Gasteiger partial charge in [-0.2, -0.15) is 4.68 Å². The number of H-pyrrole nitrogens is 1. The number of para-hydroxylation sites is 1. The number of benzene rings is 3. The van der Waals surface area contributed by atoms with E-state index >= 15 is 0 Å². The Kier molecular flexibility index (Phi) is 6.67. The average molecular weight is 505 g/mol. The third kappa shape index (κ3) is 5.01. The monoisotopic (exact) mass is 504 g/mol. The Hall–Kier alpha value is -3.13. The molecule has 34 heavy (non-hydrogen) atoms. The lowest BCUT2D eigenvalue weighted by Crippen LogP contribution is -2.17. The number of rotatable bonds is 7. The van der Waals surface area contributed by atoms with E-state index in [4.69, 9.17) is 11.6 Å². The number of halogens is 1. The minimum Gasteiger partial charge on any atom is -0.291 e. The van der Waals surface area contributed by atoms with Crippen LogP contribution in [0.25, 0.3) is 15.3 Å². The molecule has 0 unspecified atom stereocenters. The van der Waals surface area contributed by atoms with Crippen molar-refractivity contribution in [2.24, 2.45) is 4.99 Å². The summed E-state index contributed by atoms with van der Waals surface area (Å²) in [6.07, 6.45) is 1.67. The number of hydrogen-bond acceptors (Lipinski definition) is 5. The van der Waals surface area contributed by atoms with Crippen LogP contribution in [0.15, 0.2) is 87.5 Å². The van der Waals surface area contributed by atoms with Crippen molar-refractivity contribution in [2.45, 2.75) is 24.1 Å². The minimum atomic E-state index is -0.154. The van der Waals surface area contributed by atoms with Gasteiger partial charge in [-0.1, -0.05) is 64.9 Å². The van der Waals surface area contributed by atoms with Gasteiger partial charge in [-0.3, -0.25) is 14.9 Å². The Morgan fingerprint density at radius 1 is 1.09 bits per heavy atom. The Bertz CT molecular complexity index is 1480. The Labute approximate surface area is 210 Å². The SMILES string of the molecule is Cc1ccc(SCc2[nH]n(-c3nc4ccccc4s3)c(=O)c2C=NCc2ccc(Cl)cc2)cc1. The van der Waals surface area contributed by atoms with Gasteiger partial charge in [-0.25, -0.2) is 4.98 Å². The lowest BCUT2D eigenvalue weighted by Gasteiger charge is -2.02. The second-order valence-corrected chi connectivity index (χ2v) is 10.3. The number of aryl methyl sites for hydroxylation is 1. The van der Waals surface area contributed by atoms with Crippen molar-refractivity contribution in [3.63, 3.8) is 0 Å². The number of nitrogens with zero attached hydrogens (tertiary/aromatic N) is 3. The molecule has 0 radical (unpaired) electrons. The molecule has 5 nitrogen and oxygen atoms in total. The third-order valence-electron chi connectivity index (χ3n) is 5.29. The summed E-state index contributed by atoms with van der Waals surface area (Å²) in [7, 11) is 0. The van der Waals surface area contributed by atoms with E-state index in [9.17, 15) is 4.79 Å². The van der Waals surface area contributed by atoms with Gasteiger partial charge in [0.15, 0.2) is 0 Å². The molecule has 0 aliphatic carbocycles. The highest BCUT2D eigenvalue weighted by molar-refractivity contribution is 7.98. The maximum Gasteiger partial charge on any atom is 0.282 e. The number of hydrogen-bond donors (Lipinski definition) is 1. The number of aromatic nitrogens is 3. The molecule has 0 saturated carbocycles.